The molecule has 2 heterocycles. The molecule has 0 unspecified atom stereocenters. The van der Waals surface area contributed by atoms with Gasteiger partial charge >= 0.3 is 12.3 Å². The van der Waals surface area contributed by atoms with E-state index in [2.05, 4.69) is 72.1 Å². The average Bonchev–Trinajstić information content (AvgIpc) is 3.23. The van der Waals surface area contributed by atoms with Crippen LogP contribution in [0.4, 0.5) is 17.3 Å². The van der Waals surface area contributed by atoms with Crippen LogP contribution < -0.4 is 0 Å². The lowest BCUT2D eigenvalue weighted by molar-refractivity contribution is 0.368. The molecule has 4 aromatic rings. The third kappa shape index (κ3) is 5.97. The number of hydrogen-bond donors (Lipinski definition) is 0. The monoisotopic (exact) mass is 419 g/mol. The molecule has 0 aliphatic heterocycles. The van der Waals surface area contributed by atoms with Crippen LogP contribution in [-0.4, -0.2) is 12.2 Å². The van der Waals surface area contributed by atoms with Gasteiger partial charge in [-0.3, -0.25) is 0 Å². The Bertz CT molecular complexity index is 944. The van der Waals surface area contributed by atoms with E-state index in [1.807, 2.05) is 12.1 Å². The highest BCUT2D eigenvalue weighted by molar-refractivity contribution is 7.22. The first-order valence-electron chi connectivity index (χ1n) is 8.27. The van der Waals surface area contributed by atoms with Crippen molar-refractivity contribution in [3.63, 3.8) is 0 Å². The van der Waals surface area contributed by atoms with Gasteiger partial charge in [0.25, 0.3) is 11.3 Å². The molecule has 2 aromatic carbocycles. The zero-order valence-electron chi connectivity index (χ0n) is 14.4. The number of hydrogen-bond acceptors (Lipinski definition) is 2. The summed E-state index contributed by atoms with van der Waals surface area (Å²) in [5, 5.41) is 3.17. The molecule has 0 saturated carbocycles. The van der Waals surface area contributed by atoms with Crippen LogP contribution in [0.2, 0.25) is 0 Å². The molecule has 0 bridgehead atoms. The number of benzene rings is 2. The van der Waals surface area contributed by atoms with E-state index in [4.69, 9.17) is 4.98 Å². The number of halogens is 4. The Morgan fingerprint density at radius 3 is 1.86 bits per heavy atom. The maximum atomic E-state index is 9.75. The van der Waals surface area contributed by atoms with Gasteiger partial charge in [-0.25, -0.2) is 0 Å². The van der Waals surface area contributed by atoms with Gasteiger partial charge in [0.2, 0.25) is 4.88 Å². The molecule has 0 aliphatic carbocycles. The van der Waals surface area contributed by atoms with Gasteiger partial charge in [-0.15, -0.1) is 11.3 Å². The predicted octanol–water partition coefficient (Wildman–Crippen LogP) is 7.79. The van der Waals surface area contributed by atoms with Gasteiger partial charge in [-0.05, 0) is 23.6 Å². The summed E-state index contributed by atoms with van der Waals surface area (Å²) in [6.07, 6.45) is 0. The van der Waals surface area contributed by atoms with Crippen molar-refractivity contribution in [3.8, 4) is 31.6 Å². The molecule has 0 amide bonds. The van der Waals surface area contributed by atoms with E-state index in [-0.39, 0.29) is 0 Å². The van der Waals surface area contributed by atoms with E-state index in [1.165, 1.54) is 15.3 Å². The Kier molecular flexibility index (Phi) is 6.54. The van der Waals surface area contributed by atoms with Gasteiger partial charge in [0.15, 0.2) is 0 Å². The second-order valence-electron chi connectivity index (χ2n) is 5.62. The van der Waals surface area contributed by atoms with Crippen LogP contribution in [0.15, 0.2) is 84.2 Å². The van der Waals surface area contributed by atoms with E-state index < -0.39 is 7.25 Å². The molecule has 0 aliphatic rings. The smallest absolute Gasteiger partial charge is 0.418 e. The zero-order chi connectivity index (χ0) is 20.0. The van der Waals surface area contributed by atoms with Crippen LogP contribution in [0.5, 0.6) is 0 Å². The highest BCUT2D eigenvalue weighted by atomic mass is 32.1. The molecule has 4 rings (SSSR count). The highest BCUT2D eigenvalue weighted by Crippen LogP contribution is 2.36. The fraction of sp³-hybridized carbons (Fsp3) is 0. The van der Waals surface area contributed by atoms with E-state index >= 15 is 0 Å². The molecule has 2 aromatic heterocycles. The van der Waals surface area contributed by atoms with Gasteiger partial charge < -0.3 is 17.3 Å². The lowest BCUT2D eigenvalue weighted by atomic mass is 10.1. The van der Waals surface area contributed by atoms with Crippen LogP contribution in [0.3, 0.4) is 0 Å². The first-order chi connectivity index (χ1) is 13.4. The van der Waals surface area contributed by atoms with E-state index in [9.17, 15) is 17.3 Å². The lowest BCUT2D eigenvalue weighted by Gasteiger charge is -2.00. The first kappa shape index (κ1) is 20.2. The summed E-state index contributed by atoms with van der Waals surface area (Å²) in [6.45, 7) is 0. The van der Waals surface area contributed by atoms with Crippen molar-refractivity contribution in [1.29, 1.82) is 0 Å². The Morgan fingerprint density at radius 2 is 1.32 bits per heavy atom. The van der Waals surface area contributed by atoms with Crippen molar-refractivity contribution in [2.45, 2.75) is 0 Å². The number of nitrogens with zero attached hydrogens (tertiary/aromatic N) is 1. The Labute approximate surface area is 168 Å². The maximum Gasteiger partial charge on any atom is 0.673 e. The highest BCUT2D eigenvalue weighted by Gasteiger charge is 2.21. The van der Waals surface area contributed by atoms with Crippen molar-refractivity contribution >= 4 is 29.9 Å². The van der Waals surface area contributed by atoms with Crippen LogP contribution in [-0.2, 0) is 0 Å². The SMILES string of the molecule is F[B-](F)(F)F.c1ccc(-c2cc(-c3ccccc3)[s+]c(-c3cccs3)n2)cc1. The molecule has 0 N–H and O–H groups in total. The molecule has 0 radical (unpaired) electrons. The Hall–Kier alpha value is -2.58. The fourth-order valence-electron chi connectivity index (χ4n) is 2.43. The van der Waals surface area contributed by atoms with Gasteiger partial charge in [0.05, 0.1) is 5.69 Å². The van der Waals surface area contributed by atoms with E-state index in [1.54, 1.807) is 22.7 Å². The standard InChI is InChI=1S/C20H14NS2.BF4/c1-3-8-15(9-4-1)17-14-19(16-10-5-2-6-11-16)23-20(21-17)18-12-7-13-22-18;2-1(3,4)5/h1-14H;/q+1;-1. The molecule has 0 spiro atoms. The minimum Gasteiger partial charge on any atom is -0.418 e. The third-order valence-corrected chi connectivity index (χ3v) is 5.64. The largest absolute Gasteiger partial charge is 0.673 e. The number of rotatable bonds is 3. The second-order valence-corrected chi connectivity index (χ2v) is 7.60. The van der Waals surface area contributed by atoms with Gasteiger partial charge in [0.1, 0.15) is 4.88 Å². The normalized spacial score (nSPS) is 10.9. The minimum atomic E-state index is -6.00. The summed E-state index contributed by atoms with van der Waals surface area (Å²) >= 11 is 3.47. The fourth-order valence-corrected chi connectivity index (χ4v) is 4.25. The Morgan fingerprint density at radius 1 is 0.750 bits per heavy atom. The van der Waals surface area contributed by atoms with Gasteiger partial charge in [0, 0.05) is 17.2 Å². The lowest BCUT2D eigenvalue weighted by Crippen LogP contribution is -2.02. The second kappa shape index (κ2) is 9.08. The van der Waals surface area contributed by atoms with Crippen LogP contribution in [0, 0.1) is 0 Å². The molecule has 8 heteroatoms. The van der Waals surface area contributed by atoms with Crippen LogP contribution in [0.25, 0.3) is 31.6 Å². The summed E-state index contributed by atoms with van der Waals surface area (Å²) in [5.41, 5.74) is 3.40. The van der Waals surface area contributed by atoms with Crippen molar-refractivity contribution in [2.24, 2.45) is 0 Å². The molecular weight excluding hydrogens is 405 g/mol. The molecule has 142 valence electrons. The summed E-state index contributed by atoms with van der Waals surface area (Å²) in [6, 6.07) is 27.3. The molecule has 1 nitrogen and oxygen atoms in total. The first-order valence-corrected chi connectivity index (χ1v) is 9.97. The number of aromatic nitrogens is 1. The molecule has 0 fully saturated rings. The molecular formula is C20H14BF4NS2. The third-order valence-electron chi connectivity index (χ3n) is 3.56. The van der Waals surface area contributed by atoms with Gasteiger partial charge in [-0.2, -0.15) is 4.98 Å². The predicted molar refractivity (Wildman–Crippen MR) is 111 cm³/mol. The van der Waals surface area contributed by atoms with Crippen molar-refractivity contribution in [1.82, 2.24) is 4.98 Å². The minimum absolute atomic E-state index is 1.02. The molecule has 0 atom stereocenters. The van der Waals surface area contributed by atoms with Crippen LogP contribution >= 0.6 is 22.7 Å². The van der Waals surface area contributed by atoms with Crippen molar-refractivity contribution < 1.29 is 17.3 Å². The number of thiophene rings is 1. The van der Waals surface area contributed by atoms with Crippen LogP contribution in [0.1, 0.15) is 0 Å². The molecule has 0 saturated heterocycles. The van der Waals surface area contributed by atoms with Crippen molar-refractivity contribution in [2.75, 3.05) is 0 Å². The van der Waals surface area contributed by atoms with E-state index in [0.717, 1.165) is 16.3 Å². The summed E-state index contributed by atoms with van der Waals surface area (Å²) in [4.78, 5) is 7.35. The summed E-state index contributed by atoms with van der Waals surface area (Å²) < 4.78 is 39.0. The van der Waals surface area contributed by atoms with E-state index in [0.29, 0.717) is 0 Å². The average molecular weight is 419 g/mol. The summed E-state index contributed by atoms with van der Waals surface area (Å²) in [5.74, 6) is 0. The van der Waals surface area contributed by atoms with Gasteiger partial charge in [-0.1, -0.05) is 54.6 Å². The quantitative estimate of drug-likeness (QED) is 0.188. The summed E-state index contributed by atoms with van der Waals surface area (Å²) in [7, 11) is -6.00. The maximum absolute atomic E-state index is 9.75. The molecule has 28 heavy (non-hydrogen) atoms. The van der Waals surface area contributed by atoms with Crippen molar-refractivity contribution in [3.05, 3.63) is 84.2 Å². The Balaban J connectivity index is 0.000000403. The topological polar surface area (TPSA) is 12.9 Å². The zero-order valence-corrected chi connectivity index (χ0v) is 16.1.